The number of aliphatic hydroxyl groups is 1. The Morgan fingerprint density at radius 3 is 2.22 bits per heavy atom. The maximum absolute atomic E-state index is 11.2. The van der Waals surface area contributed by atoms with Gasteiger partial charge in [-0.15, -0.1) is 0 Å². The Balaban J connectivity index is 2.29. The lowest BCUT2D eigenvalue weighted by Gasteiger charge is -2.24. The lowest BCUT2D eigenvalue weighted by atomic mass is 10.1. The molecule has 1 amide bonds. The van der Waals surface area contributed by atoms with Gasteiger partial charge in [-0.05, 0) is 24.3 Å². The van der Waals surface area contributed by atoms with Crippen molar-refractivity contribution in [3.63, 3.8) is 0 Å². The normalized spacial score (nSPS) is 11.9. The first-order valence-electron chi connectivity index (χ1n) is 5.44. The Kier molecular flexibility index (Phi) is 4.12. The van der Waals surface area contributed by atoms with Crippen LogP contribution < -0.4 is 4.90 Å². The van der Waals surface area contributed by atoms with E-state index < -0.39 is 6.23 Å². The molecular formula is C14H12BrNO2. The van der Waals surface area contributed by atoms with Crippen molar-refractivity contribution in [2.45, 2.75) is 6.23 Å². The minimum absolute atomic E-state index is 0.626. The summed E-state index contributed by atoms with van der Waals surface area (Å²) in [4.78, 5) is 12.4. The van der Waals surface area contributed by atoms with Gasteiger partial charge in [0.05, 0.1) is 0 Å². The highest BCUT2D eigenvalue weighted by atomic mass is 79.9. The van der Waals surface area contributed by atoms with Gasteiger partial charge in [0, 0.05) is 15.7 Å². The van der Waals surface area contributed by atoms with E-state index in [1.807, 2.05) is 30.3 Å². The van der Waals surface area contributed by atoms with E-state index in [4.69, 9.17) is 0 Å². The molecule has 1 atom stereocenters. The summed E-state index contributed by atoms with van der Waals surface area (Å²) in [5.74, 6) is 0. The van der Waals surface area contributed by atoms with Crippen LogP contribution in [0.25, 0.3) is 0 Å². The monoisotopic (exact) mass is 305 g/mol. The van der Waals surface area contributed by atoms with Gasteiger partial charge in [0.2, 0.25) is 6.41 Å². The number of benzene rings is 2. The molecule has 0 aliphatic heterocycles. The number of nitrogens with zero attached hydrogens (tertiary/aromatic N) is 1. The second-order valence-corrected chi connectivity index (χ2v) is 4.69. The third-order valence-electron chi connectivity index (χ3n) is 2.60. The van der Waals surface area contributed by atoms with E-state index in [-0.39, 0.29) is 0 Å². The molecule has 2 aromatic carbocycles. The quantitative estimate of drug-likeness (QED) is 0.696. The van der Waals surface area contributed by atoms with Crippen LogP contribution in [0.2, 0.25) is 0 Å². The number of amides is 1. The van der Waals surface area contributed by atoms with Crippen LogP contribution in [-0.2, 0) is 4.79 Å². The molecule has 18 heavy (non-hydrogen) atoms. The second-order valence-electron chi connectivity index (χ2n) is 3.77. The highest BCUT2D eigenvalue weighted by Crippen LogP contribution is 2.25. The van der Waals surface area contributed by atoms with Crippen LogP contribution in [0.15, 0.2) is 59.1 Å². The van der Waals surface area contributed by atoms with Gasteiger partial charge in [-0.3, -0.25) is 9.69 Å². The van der Waals surface area contributed by atoms with Crippen LogP contribution in [0.1, 0.15) is 11.8 Å². The molecule has 0 bridgehead atoms. The van der Waals surface area contributed by atoms with Crippen molar-refractivity contribution in [1.82, 2.24) is 0 Å². The summed E-state index contributed by atoms with van der Waals surface area (Å²) in [6, 6.07) is 16.2. The summed E-state index contributed by atoms with van der Waals surface area (Å²) in [7, 11) is 0. The number of anilines is 1. The van der Waals surface area contributed by atoms with Crippen LogP contribution in [0.5, 0.6) is 0 Å². The Labute approximate surface area is 114 Å². The fraction of sp³-hybridized carbons (Fsp3) is 0.0714. The molecule has 0 aliphatic rings. The average molecular weight is 306 g/mol. The summed E-state index contributed by atoms with van der Waals surface area (Å²) >= 11 is 3.33. The lowest BCUT2D eigenvalue weighted by Crippen LogP contribution is -2.26. The molecule has 0 saturated heterocycles. The average Bonchev–Trinajstić information content (AvgIpc) is 2.42. The van der Waals surface area contributed by atoms with Gasteiger partial charge >= 0.3 is 0 Å². The Morgan fingerprint density at radius 1 is 1.06 bits per heavy atom. The zero-order valence-electron chi connectivity index (χ0n) is 9.53. The van der Waals surface area contributed by atoms with Crippen LogP contribution in [0.4, 0.5) is 5.69 Å². The first-order chi connectivity index (χ1) is 8.72. The molecule has 0 saturated carbocycles. The SMILES string of the molecule is O=CN(c1ccc(Br)cc1)C(O)c1ccccc1. The molecule has 0 aromatic heterocycles. The van der Waals surface area contributed by atoms with Gasteiger partial charge in [0.25, 0.3) is 0 Å². The highest BCUT2D eigenvalue weighted by molar-refractivity contribution is 9.10. The summed E-state index contributed by atoms with van der Waals surface area (Å²) in [5, 5.41) is 10.2. The van der Waals surface area contributed by atoms with E-state index >= 15 is 0 Å². The Hall–Kier alpha value is -1.65. The van der Waals surface area contributed by atoms with E-state index in [1.165, 1.54) is 4.90 Å². The lowest BCUT2D eigenvalue weighted by molar-refractivity contribution is -0.109. The van der Waals surface area contributed by atoms with E-state index in [9.17, 15) is 9.90 Å². The third-order valence-corrected chi connectivity index (χ3v) is 3.13. The number of carbonyl (C=O) groups is 1. The second kappa shape index (κ2) is 5.80. The summed E-state index contributed by atoms with van der Waals surface area (Å²) in [6.45, 7) is 0. The molecule has 2 rings (SSSR count). The molecule has 92 valence electrons. The standard InChI is InChI=1S/C14H12BrNO2/c15-12-6-8-13(9-7-12)16(10-17)14(18)11-4-2-1-3-5-11/h1-10,14,18H. The van der Waals surface area contributed by atoms with Gasteiger partial charge < -0.3 is 5.11 Å². The molecule has 1 unspecified atom stereocenters. The predicted molar refractivity (Wildman–Crippen MR) is 74.1 cm³/mol. The molecule has 0 heterocycles. The molecule has 2 aromatic rings. The van der Waals surface area contributed by atoms with Crippen molar-refractivity contribution in [2.75, 3.05) is 4.90 Å². The van der Waals surface area contributed by atoms with Gasteiger partial charge in [-0.1, -0.05) is 46.3 Å². The predicted octanol–water partition coefficient (Wildman–Crippen LogP) is 3.10. The molecule has 1 N–H and O–H groups in total. The van der Waals surface area contributed by atoms with Crippen LogP contribution in [0, 0.1) is 0 Å². The van der Waals surface area contributed by atoms with Crippen LogP contribution >= 0.6 is 15.9 Å². The fourth-order valence-electron chi connectivity index (χ4n) is 1.66. The molecular weight excluding hydrogens is 294 g/mol. The topological polar surface area (TPSA) is 40.5 Å². The highest BCUT2D eigenvalue weighted by Gasteiger charge is 2.17. The van der Waals surface area contributed by atoms with Gasteiger partial charge in [0.1, 0.15) is 0 Å². The van der Waals surface area contributed by atoms with Crippen LogP contribution in [0.3, 0.4) is 0 Å². The minimum Gasteiger partial charge on any atom is -0.369 e. The molecule has 0 fully saturated rings. The number of rotatable bonds is 4. The van der Waals surface area contributed by atoms with Crippen molar-refractivity contribution in [3.8, 4) is 0 Å². The number of hydrogen-bond acceptors (Lipinski definition) is 2. The number of carbonyl (C=O) groups excluding carboxylic acids is 1. The fourth-order valence-corrected chi connectivity index (χ4v) is 1.92. The van der Waals surface area contributed by atoms with E-state index in [1.54, 1.807) is 24.3 Å². The molecule has 0 aliphatic carbocycles. The van der Waals surface area contributed by atoms with Crippen molar-refractivity contribution in [2.24, 2.45) is 0 Å². The van der Waals surface area contributed by atoms with Gasteiger partial charge in [-0.25, -0.2) is 0 Å². The van der Waals surface area contributed by atoms with E-state index in [0.717, 1.165) is 4.47 Å². The smallest absolute Gasteiger partial charge is 0.216 e. The summed E-state index contributed by atoms with van der Waals surface area (Å²) < 4.78 is 0.922. The van der Waals surface area contributed by atoms with E-state index in [2.05, 4.69) is 15.9 Å². The van der Waals surface area contributed by atoms with Crippen LogP contribution in [-0.4, -0.2) is 11.5 Å². The maximum atomic E-state index is 11.2. The molecule has 0 radical (unpaired) electrons. The summed E-state index contributed by atoms with van der Waals surface area (Å²) in [6.07, 6.45) is -0.356. The zero-order valence-corrected chi connectivity index (χ0v) is 11.1. The number of halogens is 1. The zero-order chi connectivity index (χ0) is 13.0. The first-order valence-corrected chi connectivity index (χ1v) is 6.24. The van der Waals surface area contributed by atoms with Gasteiger partial charge in [0.15, 0.2) is 6.23 Å². The van der Waals surface area contributed by atoms with Crippen molar-refractivity contribution >= 4 is 28.0 Å². The van der Waals surface area contributed by atoms with Crippen molar-refractivity contribution < 1.29 is 9.90 Å². The number of aliphatic hydroxyl groups excluding tert-OH is 1. The molecule has 4 heteroatoms. The third kappa shape index (κ3) is 2.78. The molecule has 0 spiro atoms. The number of hydrogen-bond donors (Lipinski definition) is 1. The van der Waals surface area contributed by atoms with Crippen molar-refractivity contribution in [3.05, 3.63) is 64.6 Å². The minimum atomic E-state index is -0.982. The Morgan fingerprint density at radius 2 is 1.67 bits per heavy atom. The first kappa shape index (κ1) is 12.8. The Bertz CT molecular complexity index is 513. The van der Waals surface area contributed by atoms with E-state index in [0.29, 0.717) is 17.7 Å². The van der Waals surface area contributed by atoms with Gasteiger partial charge in [-0.2, -0.15) is 0 Å². The summed E-state index contributed by atoms with van der Waals surface area (Å²) in [5.41, 5.74) is 1.32. The molecule has 3 nitrogen and oxygen atoms in total. The van der Waals surface area contributed by atoms with Crippen molar-refractivity contribution in [1.29, 1.82) is 0 Å². The maximum Gasteiger partial charge on any atom is 0.216 e. The largest absolute Gasteiger partial charge is 0.369 e.